The Morgan fingerprint density at radius 1 is 1.33 bits per heavy atom. The first-order chi connectivity index (χ1) is 8.86. The molecular weight excluding hydrogens is 222 g/mol. The third-order valence-corrected chi connectivity index (χ3v) is 3.82. The van der Waals surface area contributed by atoms with Gasteiger partial charge in [0.1, 0.15) is 0 Å². The molecule has 18 heavy (non-hydrogen) atoms. The SMILES string of the molecule is CCCNC(COCC)C1CCc2ccccc21. The number of aryl methyl sites for hydroxylation is 1. The van der Waals surface area contributed by atoms with Crippen LogP contribution in [0.5, 0.6) is 0 Å². The van der Waals surface area contributed by atoms with E-state index in [9.17, 15) is 0 Å². The van der Waals surface area contributed by atoms with Crippen LogP contribution in [-0.2, 0) is 11.2 Å². The van der Waals surface area contributed by atoms with E-state index in [0.717, 1.165) is 19.8 Å². The largest absolute Gasteiger partial charge is 0.380 e. The molecule has 0 aliphatic heterocycles. The van der Waals surface area contributed by atoms with Crippen molar-refractivity contribution < 1.29 is 4.74 Å². The van der Waals surface area contributed by atoms with Crippen molar-refractivity contribution in [3.8, 4) is 0 Å². The van der Waals surface area contributed by atoms with Gasteiger partial charge in [-0.1, -0.05) is 31.2 Å². The molecular formula is C16H25NO. The Bertz CT molecular complexity index is 356. The number of benzene rings is 1. The number of nitrogens with one attached hydrogen (secondary N) is 1. The molecule has 1 aromatic carbocycles. The molecule has 100 valence electrons. The molecule has 1 aromatic rings. The lowest BCUT2D eigenvalue weighted by molar-refractivity contribution is 0.114. The van der Waals surface area contributed by atoms with E-state index in [4.69, 9.17) is 4.74 Å². The van der Waals surface area contributed by atoms with Gasteiger partial charge in [0, 0.05) is 18.6 Å². The molecule has 2 unspecified atom stereocenters. The van der Waals surface area contributed by atoms with Gasteiger partial charge in [0.05, 0.1) is 6.61 Å². The number of fused-ring (bicyclic) bond motifs is 1. The molecule has 0 saturated heterocycles. The van der Waals surface area contributed by atoms with Crippen LogP contribution in [0.15, 0.2) is 24.3 Å². The van der Waals surface area contributed by atoms with Gasteiger partial charge in [-0.15, -0.1) is 0 Å². The van der Waals surface area contributed by atoms with Gasteiger partial charge in [-0.2, -0.15) is 0 Å². The standard InChI is InChI=1S/C16H25NO/c1-3-11-17-16(12-18-4-2)15-10-9-13-7-5-6-8-14(13)15/h5-8,15-17H,3-4,9-12H2,1-2H3. The molecule has 2 heteroatoms. The zero-order chi connectivity index (χ0) is 12.8. The highest BCUT2D eigenvalue weighted by Crippen LogP contribution is 2.35. The fourth-order valence-electron chi connectivity index (χ4n) is 2.90. The second-order valence-corrected chi connectivity index (χ2v) is 5.06. The number of hydrogen-bond acceptors (Lipinski definition) is 2. The first-order valence-electron chi connectivity index (χ1n) is 7.25. The van der Waals surface area contributed by atoms with Crippen LogP contribution < -0.4 is 5.32 Å². The van der Waals surface area contributed by atoms with Gasteiger partial charge in [-0.05, 0) is 43.9 Å². The number of ether oxygens (including phenoxy) is 1. The monoisotopic (exact) mass is 247 g/mol. The van der Waals surface area contributed by atoms with Crippen LogP contribution in [0, 0.1) is 0 Å². The molecule has 0 fully saturated rings. The van der Waals surface area contributed by atoms with E-state index >= 15 is 0 Å². The Kier molecular flexibility index (Phi) is 5.21. The van der Waals surface area contributed by atoms with Gasteiger partial charge >= 0.3 is 0 Å². The molecule has 0 heterocycles. The highest BCUT2D eigenvalue weighted by molar-refractivity contribution is 5.36. The lowest BCUT2D eigenvalue weighted by Crippen LogP contribution is -2.38. The van der Waals surface area contributed by atoms with Gasteiger partial charge < -0.3 is 10.1 Å². The van der Waals surface area contributed by atoms with Crippen LogP contribution in [0.4, 0.5) is 0 Å². The Labute approximate surface area is 111 Å². The zero-order valence-electron chi connectivity index (χ0n) is 11.6. The van der Waals surface area contributed by atoms with Crippen LogP contribution in [0.2, 0.25) is 0 Å². The maximum absolute atomic E-state index is 5.66. The van der Waals surface area contributed by atoms with Gasteiger partial charge in [0.2, 0.25) is 0 Å². The summed E-state index contributed by atoms with van der Waals surface area (Å²) in [5.41, 5.74) is 3.06. The maximum Gasteiger partial charge on any atom is 0.0625 e. The van der Waals surface area contributed by atoms with Crippen molar-refractivity contribution in [3.63, 3.8) is 0 Å². The summed E-state index contributed by atoms with van der Waals surface area (Å²) in [6.07, 6.45) is 3.65. The van der Waals surface area contributed by atoms with Crippen LogP contribution in [-0.4, -0.2) is 25.8 Å². The third kappa shape index (κ3) is 3.12. The molecule has 2 rings (SSSR count). The van der Waals surface area contributed by atoms with E-state index < -0.39 is 0 Å². The summed E-state index contributed by atoms with van der Waals surface area (Å²) in [4.78, 5) is 0. The van der Waals surface area contributed by atoms with Crippen molar-refractivity contribution >= 4 is 0 Å². The molecule has 0 radical (unpaired) electrons. The van der Waals surface area contributed by atoms with E-state index in [1.165, 1.54) is 30.4 Å². The molecule has 0 aromatic heterocycles. The third-order valence-electron chi connectivity index (χ3n) is 3.82. The second kappa shape index (κ2) is 6.91. The first kappa shape index (κ1) is 13.6. The fourth-order valence-corrected chi connectivity index (χ4v) is 2.90. The van der Waals surface area contributed by atoms with Crippen molar-refractivity contribution in [2.24, 2.45) is 0 Å². The Morgan fingerprint density at radius 3 is 2.94 bits per heavy atom. The van der Waals surface area contributed by atoms with Gasteiger partial charge in [0.15, 0.2) is 0 Å². The van der Waals surface area contributed by atoms with Crippen molar-refractivity contribution in [1.29, 1.82) is 0 Å². The van der Waals surface area contributed by atoms with Crippen molar-refractivity contribution in [1.82, 2.24) is 5.32 Å². The lowest BCUT2D eigenvalue weighted by Gasteiger charge is -2.25. The highest BCUT2D eigenvalue weighted by atomic mass is 16.5. The summed E-state index contributed by atoms with van der Waals surface area (Å²) in [5, 5.41) is 3.66. The average molecular weight is 247 g/mol. The normalized spacial score (nSPS) is 19.8. The van der Waals surface area contributed by atoms with Crippen LogP contribution in [0.3, 0.4) is 0 Å². The summed E-state index contributed by atoms with van der Waals surface area (Å²) < 4.78 is 5.66. The van der Waals surface area contributed by atoms with Crippen molar-refractivity contribution in [2.45, 2.75) is 45.1 Å². The smallest absolute Gasteiger partial charge is 0.0625 e. The molecule has 1 N–H and O–H groups in total. The van der Waals surface area contributed by atoms with Crippen LogP contribution in [0.25, 0.3) is 0 Å². The quantitative estimate of drug-likeness (QED) is 0.799. The molecule has 2 nitrogen and oxygen atoms in total. The van der Waals surface area contributed by atoms with Crippen molar-refractivity contribution in [2.75, 3.05) is 19.8 Å². The molecule has 2 atom stereocenters. The van der Waals surface area contributed by atoms with E-state index in [1.807, 2.05) is 0 Å². The second-order valence-electron chi connectivity index (χ2n) is 5.06. The van der Waals surface area contributed by atoms with Gasteiger partial charge in [-0.3, -0.25) is 0 Å². The van der Waals surface area contributed by atoms with Crippen LogP contribution >= 0.6 is 0 Å². The number of hydrogen-bond donors (Lipinski definition) is 1. The zero-order valence-corrected chi connectivity index (χ0v) is 11.6. The minimum atomic E-state index is 0.466. The van der Waals surface area contributed by atoms with E-state index in [2.05, 4.69) is 43.4 Å². The Hall–Kier alpha value is -0.860. The topological polar surface area (TPSA) is 21.3 Å². The summed E-state index contributed by atoms with van der Waals surface area (Å²) in [7, 11) is 0. The number of rotatable bonds is 7. The summed E-state index contributed by atoms with van der Waals surface area (Å²) in [6, 6.07) is 9.34. The molecule has 0 bridgehead atoms. The molecule has 0 amide bonds. The predicted octanol–water partition coefficient (Wildman–Crippen LogP) is 3.12. The average Bonchev–Trinajstić information content (AvgIpc) is 2.83. The van der Waals surface area contributed by atoms with Crippen molar-refractivity contribution in [3.05, 3.63) is 35.4 Å². The van der Waals surface area contributed by atoms with Gasteiger partial charge in [-0.25, -0.2) is 0 Å². The first-order valence-corrected chi connectivity index (χ1v) is 7.25. The lowest BCUT2D eigenvalue weighted by atomic mass is 9.93. The van der Waals surface area contributed by atoms with E-state index in [0.29, 0.717) is 12.0 Å². The molecule has 0 saturated carbocycles. The summed E-state index contributed by atoms with van der Waals surface area (Å²) in [5.74, 6) is 0.624. The molecule has 1 aliphatic carbocycles. The van der Waals surface area contributed by atoms with E-state index in [-0.39, 0.29) is 0 Å². The summed E-state index contributed by atoms with van der Waals surface area (Å²) in [6.45, 7) is 7.00. The molecule has 0 spiro atoms. The summed E-state index contributed by atoms with van der Waals surface area (Å²) >= 11 is 0. The van der Waals surface area contributed by atoms with Crippen LogP contribution in [0.1, 0.15) is 43.7 Å². The van der Waals surface area contributed by atoms with Gasteiger partial charge in [0.25, 0.3) is 0 Å². The predicted molar refractivity (Wildman–Crippen MR) is 76.1 cm³/mol. The highest BCUT2D eigenvalue weighted by Gasteiger charge is 2.29. The Balaban J connectivity index is 2.06. The maximum atomic E-state index is 5.66. The minimum Gasteiger partial charge on any atom is -0.380 e. The molecule has 1 aliphatic rings. The fraction of sp³-hybridized carbons (Fsp3) is 0.625. The minimum absolute atomic E-state index is 0.466. The Morgan fingerprint density at radius 2 is 2.17 bits per heavy atom. The van der Waals surface area contributed by atoms with E-state index in [1.54, 1.807) is 0 Å².